The smallest absolute Gasteiger partial charge is 0.414 e. The monoisotopic (exact) mass is 204 g/mol. The molecule has 1 amide bonds. The number of nitrogens with one attached hydrogen (secondary N) is 1. The molecule has 14 heavy (non-hydrogen) atoms. The fourth-order valence-electron chi connectivity index (χ4n) is 0.854. The first-order chi connectivity index (χ1) is 6.47. The first-order valence-corrected chi connectivity index (χ1v) is 3.93. The molecule has 7 heteroatoms. The molecule has 0 aromatic heterocycles. The Bertz CT molecular complexity index is 228. The van der Waals surface area contributed by atoms with Gasteiger partial charge >= 0.3 is 11.9 Å². The van der Waals surface area contributed by atoms with Gasteiger partial charge in [-0.1, -0.05) is 0 Å². The van der Waals surface area contributed by atoms with Crippen molar-refractivity contribution in [2.75, 3.05) is 6.54 Å². The highest BCUT2D eigenvalue weighted by Crippen LogP contribution is 2.03. The van der Waals surface area contributed by atoms with Crippen LogP contribution in [0.15, 0.2) is 0 Å². The molecular weight excluding hydrogens is 192 g/mol. The third-order valence-electron chi connectivity index (χ3n) is 1.55. The molecule has 1 aliphatic rings. The second-order valence-corrected chi connectivity index (χ2v) is 2.65. The van der Waals surface area contributed by atoms with Crippen LogP contribution in [-0.4, -0.2) is 40.6 Å². The van der Waals surface area contributed by atoms with Crippen molar-refractivity contribution in [1.82, 2.24) is 5.32 Å². The SMILES string of the molecule is NC[C@@H]1CCC(=O)N1.O=C(O)C(=O)O. The van der Waals surface area contributed by atoms with Crippen molar-refractivity contribution in [1.29, 1.82) is 0 Å². The van der Waals surface area contributed by atoms with Gasteiger partial charge in [0.1, 0.15) is 0 Å². The van der Waals surface area contributed by atoms with E-state index >= 15 is 0 Å². The van der Waals surface area contributed by atoms with E-state index in [0.717, 1.165) is 6.42 Å². The molecule has 0 unspecified atom stereocenters. The van der Waals surface area contributed by atoms with Crippen LogP contribution in [-0.2, 0) is 14.4 Å². The van der Waals surface area contributed by atoms with Gasteiger partial charge in [0, 0.05) is 19.0 Å². The molecule has 0 spiro atoms. The molecule has 1 fully saturated rings. The third-order valence-corrected chi connectivity index (χ3v) is 1.55. The van der Waals surface area contributed by atoms with E-state index in [2.05, 4.69) is 5.32 Å². The summed E-state index contributed by atoms with van der Waals surface area (Å²) >= 11 is 0. The second-order valence-electron chi connectivity index (χ2n) is 2.65. The van der Waals surface area contributed by atoms with Crippen molar-refractivity contribution >= 4 is 17.8 Å². The molecule has 0 saturated carbocycles. The molecule has 1 atom stereocenters. The molecule has 1 rings (SSSR count). The van der Waals surface area contributed by atoms with Crippen LogP contribution < -0.4 is 11.1 Å². The summed E-state index contributed by atoms with van der Waals surface area (Å²) in [4.78, 5) is 28.6. The summed E-state index contributed by atoms with van der Waals surface area (Å²) in [5.41, 5.74) is 5.28. The lowest BCUT2D eigenvalue weighted by molar-refractivity contribution is -0.159. The van der Waals surface area contributed by atoms with Gasteiger partial charge in [0.25, 0.3) is 0 Å². The van der Waals surface area contributed by atoms with E-state index in [9.17, 15) is 4.79 Å². The normalized spacial score (nSPS) is 19.2. The Hall–Kier alpha value is -1.63. The van der Waals surface area contributed by atoms with E-state index in [-0.39, 0.29) is 11.9 Å². The van der Waals surface area contributed by atoms with Crippen LogP contribution in [0.5, 0.6) is 0 Å². The Balaban J connectivity index is 0.000000255. The molecule has 0 aromatic carbocycles. The molecule has 0 bridgehead atoms. The van der Waals surface area contributed by atoms with Gasteiger partial charge in [-0.05, 0) is 6.42 Å². The van der Waals surface area contributed by atoms with E-state index in [1.54, 1.807) is 0 Å². The summed E-state index contributed by atoms with van der Waals surface area (Å²) in [5.74, 6) is -3.51. The molecule has 80 valence electrons. The summed E-state index contributed by atoms with van der Waals surface area (Å²) in [5, 5.41) is 17.5. The third kappa shape index (κ3) is 5.09. The van der Waals surface area contributed by atoms with Gasteiger partial charge in [0.15, 0.2) is 0 Å². The minimum atomic E-state index is -1.82. The Morgan fingerprint density at radius 3 is 2.07 bits per heavy atom. The van der Waals surface area contributed by atoms with Gasteiger partial charge in [-0.3, -0.25) is 4.79 Å². The molecule has 1 heterocycles. The molecule has 5 N–H and O–H groups in total. The number of hydrogen-bond donors (Lipinski definition) is 4. The second kappa shape index (κ2) is 5.92. The highest BCUT2D eigenvalue weighted by atomic mass is 16.4. The molecule has 0 aliphatic carbocycles. The lowest BCUT2D eigenvalue weighted by atomic mass is 10.2. The predicted octanol–water partition coefficient (Wildman–Crippen LogP) is -1.62. The number of aliphatic carboxylic acids is 2. The van der Waals surface area contributed by atoms with Crippen LogP contribution in [0.1, 0.15) is 12.8 Å². The van der Waals surface area contributed by atoms with Crippen molar-refractivity contribution < 1.29 is 24.6 Å². The Morgan fingerprint density at radius 1 is 1.43 bits per heavy atom. The lowest BCUT2D eigenvalue weighted by Crippen LogP contribution is -2.32. The maximum absolute atomic E-state index is 10.4. The number of carbonyl (C=O) groups excluding carboxylic acids is 1. The van der Waals surface area contributed by atoms with Crippen LogP contribution in [0.4, 0.5) is 0 Å². The van der Waals surface area contributed by atoms with Crippen molar-refractivity contribution in [2.24, 2.45) is 5.73 Å². The number of rotatable bonds is 1. The van der Waals surface area contributed by atoms with Crippen molar-refractivity contribution in [3.8, 4) is 0 Å². The van der Waals surface area contributed by atoms with Crippen LogP contribution in [0.2, 0.25) is 0 Å². The van der Waals surface area contributed by atoms with E-state index in [1.165, 1.54) is 0 Å². The first kappa shape index (κ1) is 12.4. The minimum Gasteiger partial charge on any atom is -0.473 e. The zero-order valence-electron chi connectivity index (χ0n) is 7.40. The number of carbonyl (C=O) groups is 3. The lowest BCUT2D eigenvalue weighted by Gasteiger charge is -2.02. The minimum absolute atomic E-state index is 0.139. The summed E-state index contributed by atoms with van der Waals surface area (Å²) in [6, 6.07) is 0.252. The van der Waals surface area contributed by atoms with Crippen molar-refractivity contribution in [3.05, 3.63) is 0 Å². The average Bonchev–Trinajstić information content (AvgIpc) is 2.52. The topological polar surface area (TPSA) is 130 Å². The maximum Gasteiger partial charge on any atom is 0.414 e. The molecular formula is C7H12N2O5. The Labute approximate surface area is 79.9 Å². The zero-order chi connectivity index (χ0) is 11.1. The maximum atomic E-state index is 10.4. The van der Waals surface area contributed by atoms with Gasteiger partial charge < -0.3 is 21.3 Å². The summed E-state index contributed by atoms with van der Waals surface area (Å²) in [6.07, 6.45) is 1.57. The van der Waals surface area contributed by atoms with Crippen molar-refractivity contribution in [2.45, 2.75) is 18.9 Å². The molecule has 0 aromatic rings. The van der Waals surface area contributed by atoms with Gasteiger partial charge in [-0.25, -0.2) is 9.59 Å². The highest BCUT2D eigenvalue weighted by molar-refractivity contribution is 6.27. The molecule has 1 saturated heterocycles. The average molecular weight is 204 g/mol. The standard InChI is InChI=1S/C5H10N2O.C2H2O4/c6-3-4-1-2-5(8)7-4;3-1(4)2(5)6/h4H,1-3,6H2,(H,7,8);(H,3,4)(H,5,6)/t4-;/m0./s1. The number of hydrogen-bond acceptors (Lipinski definition) is 4. The number of amides is 1. The molecule has 1 aliphatic heterocycles. The van der Waals surface area contributed by atoms with E-state index < -0.39 is 11.9 Å². The van der Waals surface area contributed by atoms with Crippen molar-refractivity contribution in [3.63, 3.8) is 0 Å². The van der Waals surface area contributed by atoms with Gasteiger partial charge in [-0.15, -0.1) is 0 Å². The van der Waals surface area contributed by atoms with E-state index in [1.807, 2.05) is 0 Å². The predicted molar refractivity (Wildman–Crippen MR) is 45.5 cm³/mol. The fraction of sp³-hybridized carbons (Fsp3) is 0.571. The molecule has 7 nitrogen and oxygen atoms in total. The van der Waals surface area contributed by atoms with E-state index in [0.29, 0.717) is 13.0 Å². The van der Waals surface area contributed by atoms with Crippen LogP contribution in [0.3, 0.4) is 0 Å². The zero-order valence-corrected chi connectivity index (χ0v) is 7.40. The number of carboxylic acids is 2. The van der Waals surface area contributed by atoms with Gasteiger partial charge in [0.05, 0.1) is 0 Å². The van der Waals surface area contributed by atoms with E-state index in [4.69, 9.17) is 25.5 Å². The van der Waals surface area contributed by atoms with Gasteiger partial charge in [-0.2, -0.15) is 0 Å². The summed E-state index contributed by atoms with van der Waals surface area (Å²) in [6.45, 7) is 0.575. The van der Waals surface area contributed by atoms with Gasteiger partial charge in [0.2, 0.25) is 5.91 Å². The summed E-state index contributed by atoms with van der Waals surface area (Å²) < 4.78 is 0. The largest absolute Gasteiger partial charge is 0.473 e. The summed E-state index contributed by atoms with van der Waals surface area (Å²) in [7, 11) is 0. The van der Waals surface area contributed by atoms with Crippen LogP contribution in [0, 0.1) is 0 Å². The quantitative estimate of drug-likeness (QED) is 0.380. The fourth-order valence-corrected chi connectivity index (χ4v) is 0.854. The number of carboxylic acid groups (broad SMARTS) is 2. The number of nitrogens with two attached hydrogens (primary N) is 1. The first-order valence-electron chi connectivity index (χ1n) is 3.93. The highest BCUT2D eigenvalue weighted by Gasteiger charge is 2.18. The Kier molecular flexibility index (Phi) is 5.23. The van der Waals surface area contributed by atoms with Crippen LogP contribution in [0.25, 0.3) is 0 Å². The molecule has 0 radical (unpaired) electrons. The Morgan fingerprint density at radius 2 is 1.93 bits per heavy atom. The van der Waals surface area contributed by atoms with Crippen LogP contribution >= 0.6 is 0 Å².